The lowest BCUT2D eigenvalue weighted by atomic mass is 10.3. The van der Waals surface area contributed by atoms with Crippen molar-refractivity contribution in [3.63, 3.8) is 0 Å². The molecule has 0 aliphatic carbocycles. The van der Waals surface area contributed by atoms with Gasteiger partial charge < -0.3 is 13.9 Å². The molecular formula is C19H20FN3O. The number of hydrogen-bond acceptors (Lipinski definition) is 2. The first kappa shape index (κ1) is 16.1. The SMILES string of the molecule is C=CCn1c(=N)n(CCCOc2ccc(F)cc2)c2ccccc21. The highest BCUT2D eigenvalue weighted by Crippen LogP contribution is 2.14. The molecule has 124 valence electrons. The molecule has 3 rings (SSSR count). The summed E-state index contributed by atoms with van der Waals surface area (Å²) in [6.07, 6.45) is 2.56. The molecule has 24 heavy (non-hydrogen) atoms. The second-order valence-electron chi connectivity index (χ2n) is 5.52. The van der Waals surface area contributed by atoms with Crippen LogP contribution in [0.5, 0.6) is 5.75 Å². The molecule has 0 amide bonds. The van der Waals surface area contributed by atoms with E-state index in [-0.39, 0.29) is 5.82 Å². The second kappa shape index (κ2) is 7.17. The summed E-state index contributed by atoms with van der Waals surface area (Å²) in [4.78, 5) is 0. The molecule has 0 aliphatic heterocycles. The number of rotatable bonds is 7. The zero-order valence-electron chi connectivity index (χ0n) is 13.4. The van der Waals surface area contributed by atoms with E-state index in [0.29, 0.717) is 31.1 Å². The van der Waals surface area contributed by atoms with Crippen molar-refractivity contribution in [1.29, 1.82) is 5.41 Å². The topological polar surface area (TPSA) is 42.9 Å². The number of nitrogens with one attached hydrogen (secondary N) is 1. The van der Waals surface area contributed by atoms with Gasteiger partial charge >= 0.3 is 0 Å². The molecular weight excluding hydrogens is 305 g/mol. The van der Waals surface area contributed by atoms with Crippen LogP contribution in [0.2, 0.25) is 0 Å². The van der Waals surface area contributed by atoms with Crippen LogP contribution in [-0.4, -0.2) is 15.7 Å². The quantitative estimate of drug-likeness (QED) is 0.522. The van der Waals surface area contributed by atoms with Gasteiger partial charge in [-0.1, -0.05) is 18.2 Å². The number of fused-ring (bicyclic) bond motifs is 1. The van der Waals surface area contributed by atoms with Crippen LogP contribution in [0.15, 0.2) is 61.2 Å². The molecule has 1 heterocycles. The third-order valence-corrected chi connectivity index (χ3v) is 3.89. The fourth-order valence-electron chi connectivity index (χ4n) is 2.78. The number of hydrogen-bond donors (Lipinski definition) is 1. The zero-order chi connectivity index (χ0) is 16.9. The first-order valence-electron chi connectivity index (χ1n) is 7.92. The Morgan fingerprint density at radius 1 is 1.04 bits per heavy atom. The Morgan fingerprint density at radius 3 is 2.38 bits per heavy atom. The fourth-order valence-corrected chi connectivity index (χ4v) is 2.78. The number of imidazole rings is 1. The van der Waals surface area contributed by atoms with E-state index in [1.54, 1.807) is 18.2 Å². The summed E-state index contributed by atoms with van der Waals surface area (Å²) in [5, 5.41) is 8.40. The molecule has 0 radical (unpaired) electrons. The fraction of sp³-hybridized carbons (Fsp3) is 0.211. The van der Waals surface area contributed by atoms with Crippen molar-refractivity contribution < 1.29 is 9.13 Å². The van der Waals surface area contributed by atoms with Crippen molar-refractivity contribution in [3.8, 4) is 5.75 Å². The number of allylic oxidation sites excluding steroid dienone is 1. The van der Waals surface area contributed by atoms with Crippen LogP contribution < -0.4 is 10.4 Å². The minimum Gasteiger partial charge on any atom is -0.494 e. The highest BCUT2D eigenvalue weighted by atomic mass is 19.1. The molecule has 3 aromatic rings. The normalized spacial score (nSPS) is 10.9. The van der Waals surface area contributed by atoms with Crippen molar-refractivity contribution in [3.05, 3.63) is 72.6 Å². The van der Waals surface area contributed by atoms with Crippen LogP contribution in [0.1, 0.15) is 6.42 Å². The minimum absolute atomic E-state index is 0.271. The molecule has 5 heteroatoms. The number of halogens is 1. The van der Waals surface area contributed by atoms with Gasteiger partial charge in [0.25, 0.3) is 0 Å². The first-order chi connectivity index (χ1) is 11.7. The molecule has 1 aromatic heterocycles. The van der Waals surface area contributed by atoms with E-state index in [4.69, 9.17) is 10.1 Å². The third kappa shape index (κ3) is 3.25. The maximum Gasteiger partial charge on any atom is 0.203 e. The average Bonchev–Trinajstić information content (AvgIpc) is 2.86. The lowest BCUT2D eigenvalue weighted by molar-refractivity contribution is 0.300. The number of para-hydroxylation sites is 2. The number of aryl methyl sites for hydroxylation is 1. The van der Waals surface area contributed by atoms with Crippen molar-refractivity contribution in [2.24, 2.45) is 0 Å². The molecule has 0 bridgehead atoms. The first-order valence-corrected chi connectivity index (χ1v) is 7.92. The standard InChI is InChI=1S/C19H20FN3O/c1-2-12-22-17-6-3-4-7-18(17)23(19(22)21)13-5-14-24-16-10-8-15(20)9-11-16/h2-4,6-11,21H,1,5,12-14H2. The lowest BCUT2D eigenvalue weighted by Crippen LogP contribution is -2.25. The van der Waals surface area contributed by atoms with Crippen molar-refractivity contribution in [1.82, 2.24) is 9.13 Å². The van der Waals surface area contributed by atoms with Crippen LogP contribution in [0.4, 0.5) is 4.39 Å². The molecule has 4 nitrogen and oxygen atoms in total. The molecule has 0 saturated carbocycles. The maximum absolute atomic E-state index is 12.9. The lowest BCUT2D eigenvalue weighted by Gasteiger charge is -2.07. The molecule has 0 aliphatic rings. The van der Waals surface area contributed by atoms with Gasteiger partial charge in [0.05, 0.1) is 17.6 Å². The van der Waals surface area contributed by atoms with E-state index in [2.05, 4.69) is 6.58 Å². The van der Waals surface area contributed by atoms with Crippen LogP contribution in [0.25, 0.3) is 11.0 Å². The minimum atomic E-state index is -0.271. The van der Waals surface area contributed by atoms with Gasteiger partial charge in [-0.15, -0.1) is 6.58 Å². The van der Waals surface area contributed by atoms with Crippen molar-refractivity contribution in [2.75, 3.05) is 6.61 Å². The monoisotopic (exact) mass is 325 g/mol. The summed E-state index contributed by atoms with van der Waals surface area (Å²) < 4.78 is 22.4. The van der Waals surface area contributed by atoms with Crippen LogP contribution >= 0.6 is 0 Å². The van der Waals surface area contributed by atoms with Crippen LogP contribution in [-0.2, 0) is 13.1 Å². The Balaban J connectivity index is 1.71. The number of benzene rings is 2. The summed E-state index contributed by atoms with van der Waals surface area (Å²) in [7, 11) is 0. The van der Waals surface area contributed by atoms with E-state index < -0.39 is 0 Å². The van der Waals surface area contributed by atoms with Gasteiger partial charge in [-0.05, 0) is 42.8 Å². The van der Waals surface area contributed by atoms with Crippen molar-refractivity contribution >= 4 is 11.0 Å². The summed E-state index contributed by atoms with van der Waals surface area (Å²) >= 11 is 0. The summed E-state index contributed by atoms with van der Waals surface area (Å²) in [5.41, 5.74) is 2.52. The highest BCUT2D eigenvalue weighted by Gasteiger charge is 2.09. The Morgan fingerprint density at radius 2 is 1.71 bits per heavy atom. The predicted molar refractivity (Wildman–Crippen MR) is 92.5 cm³/mol. The van der Waals surface area contributed by atoms with E-state index in [9.17, 15) is 4.39 Å². The summed E-state index contributed by atoms with van der Waals surface area (Å²) in [5.74, 6) is 0.383. The maximum atomic E-state index is 12.9. The molecule has 0 fully saturated rings. The van der Waals surface area contributed by atoms with Gasteiger partial charge in [-0.2, -0.15) is 0 Å². The van der Waals surface area contributed by atoms with E-state index in [1.807, 2.05) is 33.4 Å². The Hall–Kier alpha value is -2.82. The van der Waals surface area contributed by atoms with Gasteiger partial charge in [0.2, 0.25) is 5.62 Å². The van der Waals surface area contributed by atoms with Gasteiger partial charge in [0, 0.05) is 13.1 Å². The number of aromatic nitrogens is 2. The van der Waals surface area contributed by atoms with Gasteiger partial charge in [-0.3, -0.25) is 5.41 Å². The summed E-state index contributed by atoms with van der Waals surface area (Å²) in [6.45, 7) is 5.58. The van der Waals surface area contributed by atoms with E-state index in [1.165, 1.54) is 12.1 Å². The van der Waals surface area contributed by atoms with Gasteiger partial charge in [0.1, 0.15) is 11.6 Å². The average molecular weight is 325 g/mol. The molecule has 0 spiro atoms. The second-order valence-corrected chi connectivity index (χ2v) is 5.52. The third-order valence-electron chi connectivity index (χ3n) is 3.89. The molecule has 0 saturated heterocycles. The number of nitrogens with zero attached hydrogens (tertiary/aromatic N) is 2. The number of ether oxygens (including phenoxy) is 1. The largest absolute Gasteiger partial charge is 0.494 e. The van der Waals surface area contributed by atoms with Crippen LogP contribution in [0, 0.1) is 11.2 Å². The highest BCUT2D eigenvalue weighted by molar-refractivity contribution is 5.75. The Labute approximate surface area is 139 Å². The molecule has 0 atom stereocenters. The molecule has 1 N–H and O–H groups in total. The van der Waals surface area contributed by atoms with E-state index >= 15 is 0 Å². The van der Waals surface area contributed by atoms with Gasteiger partial charge in [0.15, 0.2) is 0 Å². The van der Waals surface area contributed by atoms with E-state index in [0.717, 1.165) is 17.5 Å². The molecule has 2 aromatic carbocycles. The van der Waals surface area contributed by atoms with Gasteiger partial charge in [-0.25, -0.2) is 4.39 Å². The van der Waals surface area contributed by atoms with Crippen LogP contribution in [0.3, 0.4) is 0 Å². The Kier molecular flexibility index (Phi) is 4.79. The van der Waals surface area contributed by atoms with Crippen molar-refractivity contribution in [2.45, 2.75) is 19.5 Å². The smallest absolute Gasteiger partial charge is 0.203 e. The predicted octanol–water partition coefficient (Wildman–Crippen LogP) is 3.72. The summed E-state index contributed by atoms with van der Waals surface area (Å²) in [6, 6.07) is 14.0. The zero-order valence-corrected chi connectivity index (χ0v) is 13.4. The Bertz CT molecular complexity index is 893. The molecule has 0 unspecified atom stereocenters.